The Morgan fingerprint density at radius 3 is 2.62 bits per heavy atom. The summed E-state index contributed by atoms with van der Waals surface area (Å²) in [4.78, 5) is 12.3. The highest BCUT2D eigenvalue weighted by Gasteiger charge is 2.11. The van der Waals surface area contributed by atoms with Gasteiger partial charge in [-0.15, -0.1) is 5.10 Å². The van der Waals surface area contributed by atoms with Crippen LogP contribution < -0.4 is 5.32 Å². The number of carbonyl (C=O) groups excluding carboxylic acids is 1. The van der Waals surface area contributed by atoms with E-state index < -0.39 is 0 Å². The van der Waals surface area contributed by atoms with Gasteiger partial charge in [0.2, 0.25) is 5.91 Å². The van der Waals surface area contributed by atoms with Gasteiger partial charge in [0, 0.05) is 5.69 Å². The first-order valence-electron chi connectivity index (χ1n) is 8.95. The quantitative estimate of drug-likeness (QED) is 0.284. The molecule has 1 N–H and O–H groups in total. The average Bonchev–Trinajstić information content (AvgIpc) is 3.09. The fourth-order valence-electron chi connectivity index (χ4n) is 2.55. The molecule has 0 saturated heterocycles. The van der Waals surface area contributed by atoms with Crippen LogP contribution in [-0.4, -0.2) is 21.4 Å². The van der Waals surface area contributed by atoms with Crippen LogP contribution in [0, 0.1) is 3.95 Å². The smallest absolute Gasteiger partial charge is 0.234 e. The number of thioether (sulfide) groups is 1. The Labute approximate surface area is 193 Å². The number of nitrogens with zero attached hydrogens (tertiary/aromatic N) is 2. The fourth-order valence-corrected chi connectivity index (χ4v) is 5.01. The maximum Gasteiger partial charge on any atom is 0.234 e. The summed E-state index contributed by atoms with van der Waals surface area (Å²) in [6.07, 6.45) is 1.09. The summed E-state index contributed by atoms with van der Waals surface area (Å²) in [7, 11) is 0. The summed E-state index contributed by atoms with van der Waals surface area (Å²) >= 11 is 20.1. The molecule has 1 heterocycles. The van der Waals surface area contributed by atoms with E-state index in [1.54, 1.807) is 22.9 Å². The number of hydrogen-bond donors (Lipinski definition) is 1. The van der Waals surface area contributed by atoms with Crippen molar-refractivity contribution in [1.29, 1.82) is 0 Å². The molecule has 3 rings (SSSR count). The molecule has 0 aliphatic heterocycles. The van der Waals surface area contributed by atoms with Gasteiger partial charge in [0.1, 0.15) is 0 Å². The Kier molecular flexibility index (Phi) is 7.76. The van der Waals surface area contributed by atoms with Crippen LogP contribution in [0.15, 0.2) is 46.8 Å². The monoisotopic (exact) mass is 483 g/mol. The predicted octanol–water partition coefficient (Wildman–Crippen LogP) is 7.21. The van der Waals surface area contributed by atoms with Crippen LogP contribution in [-0.2, 0) is 4.79 Å². The molecule has 0 spiro atoms. The van der Waals surface area contributed by atoms with Gasteiger partial charge in [-0.3, -0.25) is 4.79 Å². The van der Waals surface area contributed by atoms with Crippen molar-refractivity contribution < 1.29 is 4.79 Å². The largest absolute Gasteiger partial charge is 0.325 e. The summed E-state index contributed by atoms with van der Waals surface area (Å²) < 4.78 is 2.91. The highest BCUT2D eigenvalue weighted by molar-refractivity contribution is 8.01. The van der Waals surface area contributed by atoms with E-state index in [4.69, 9.17) is 35.4 Å². The Bertz CT molecular complexity index is 1060. The molecular weight excluding hydrogens is 465 g/mol. The lowest BCUT2D eigenvalue weighted by molar-refractivity contribution is -0.113. The van der Waals surface area contributed by atoms with Gasteiger partial charge in [0.15, 0.2) is 8.29 Å². The SMILES string of the molecule is CCC(C)c1ccc(NC(=O)CSc2nn(-c3ccc(Cl)c(Cl)c3)c(=S)s2)cc1. The number of amides is 1. The molecule has 1 unspecified atom stereocenters. The molecule has 0 radical (unpaired) electrons. The molecule has 0 aliphatic rings. The Balaban J connectivity index is 1.60. The van der Waals surface area contributed by atoms with Crippen LogP contribution in [0.2, 0.25) is 10.0 Å². The summed E-state index contributed by atoms with van der Waals surface area (Å²) in [5, 5.41) is 8.31. The average molecular weight is 484 g/mol. The molecule has 9 heteroatoms. The number of anilines is 1. The molecule has 0 saturated carbocycles. The molecule has 1 atom stereocenters. The number of nitrogens with one attached hydrogen (secondary N) is 1. The fraction of sp³-hybridized carbons (Fsp3) is 0.250. The van der Waals surface area contributed by atoms with E-state index in [-0.39, 0.29) is 11.7 Å². The molecule has 29 heavy (non-hydrogen) atoms. The molecule has 3 aromatic rings. The van der Waals surface area contributed by atoms with Gasteiger partial charge in [-0.05, 0) is 60.5 Å². The lowest BCUT2D eigenvalue weighted by Gasteiger charge is -2.10. The molecule has 4 nitrogen and oxygen atoms in total. The van der Waals surface area contributed by atoms with Gasteiger partial charge in [-0.2, -0.15) is 0 Å². The highest BCUT2D eigenvalue weighted by atomic mass is 35.5. The van der Waals surface area contributed by atoms with Crippen molar-refractivity contribution in [1.82, 2.24) is 9.78 Å². The van der Waals surface area contributed by atoms with Crippen LogP contribution in [0.4, 0.5) is 5.69 Å². The van der Waals surface area contributed by atoms with Gasteiger partial charge in [0.25, 0.3) is 0 Å². The topological polar surface area (TPSA) is 46.9 Å². The minimum Gasteiger partial charge on any atom is -0.325 e. The van der Waals surface area contributed by atoms with E-state index >= 15 is 0 Å². The molecule has 1 aromatic heterocycles. The molecule has 0 fully saturated rings. The van der Waals surface area contributed by atoms with Crippen LogP contribution in [0.1, 0.15) is 31.7 Å². The molecule has 1 amide bonds. The zero-order chi connectivity index (χ0) is 21.0. The summed E-state index contributed by atoms with van der Waals surface area (Å²) in [5.41, 5.74) is 2.79. The standard InChI is InChI=1S/C20H19Cl2N3OS3/c1-3-12(2)13-4-6-14(7-5-13)23-18(26)11-28-19-24-25(20(27)29-19)15-8-9-16(21)17(22)10-15/h4-10,12H,3,11H2,1-2H3,(H,23,26). The minimum absolute atomic E-state index is 0.0894. The first-order chi connectivity index (χ1) is 13.9. The summed E-state index contributed by atoms with van der Waals surface area (Å²) in [5.74, 6) is 0.667. The van der Waals surface area contributed by atoms with Crippen LogP contribution in [0.5, 0.6) is 0 Å². The lowest BCUT2D eigenvalue weighted by Crippen LogP contribution is -2.14. The molecule has 2 aromatic carbocycles. The second kappa shape index (κ2) is 10.1. The molecule has 0 aliphatic carbocycles. The second-order valence-corrected chi connectivity index (χ2v) is 10.1. The van der Waals surface area contributed by atoms with Crippen LogP contribution in [0.3, 0.4) is 0 Å². The molecule has 152 valence electrons. The number of hydrogen-bond acceptors (Lipinski definition) is 5. The number of benzene rings is 2. The normalized spacial score (nSPS) is 12.0. The Morgan fingerprint density at radius 1 is 1.24 bits per heavy atom. The van der Waals surface area contributed by atoms with Gasteiger partial charge in [0.05, 0.1) is 21.5 Å². The van der Waals surface area contributed by atoms with Gasteiger partial charge < -0.3 is 5.32 Å². The van der Waals surface area contributed by atoms with Crippen molar-refractivity contribution in [2.45, 2.75) is 30.5 Å². The first kappa shape index (κ1) is 22.3. The summed E-state index contributed by atoms with van der Waals surface area (Å²) in [6, 6.07) is 13.2. The van der Waals surface area contributed by atoms with Crippen molar-refractivity contribution in [3.63, 3.8) is 0 Å². The van der Waals surface area contributed by atoms with Crippen molar-refractivity contribution >= 4 is 70.1 Å². The molecule has 0 bridgehead atoms. The highest BCUT2D eigenvalue weighted by Crippen LogP contribution is 2.28. The van der Waals surface area contributed by atoms with E-state index in [1.807, 2.05) is 12.1 Å². The Hall–Kier alpha value is -1.38. The minimum atomic E-state index is -0.0894. The van der Waals surface area contributed by atoms with Gasteiger partial charge in [-0.25, -0.2) is 4.68 Å². The second-order valence-electron chi connectivity index (χ2n) is 6.41. The van der Waals surface area contributed by atoms with E-state index in [0.717, 1.165) is 17.8 Å². The van der Waals surface area contributed by atoms with Crippen molar-refractivity contribution in [2.24, 2.45) is 0 Å². The number of aromatic nitrogens is 2. The van der Waals surface area contributed by atoms with E-state index in [1.165, 1.54) is 28.7 Å². The van der Waals surface area contributed by atoms with E-state index in [0.29, 0.717) is 24.3 Å². The number of rotatable bonds is 7. The zero-order valence-corrected chi connectivity index (χ0v) is 19.8. The Morgan fingerprint density at radius 2 is 1.97 bits per heavy atom. The van der Waals surface area contributed by atoms with E-state index in [2.05, 4.69) is 36.4 Å². The van der Waals surface area contributed by atoms with Crippen molar-refractivity contribution in [3.05, 3.63) is 62.0 Å². The van der Waals surface area contributed by atoms with Crippen LogP contribution in [0.25, 0.3) is 5.69 Å². The maximum atomic E-state index is 12.3. The third kappa shape index (κ3) is 5.83. The van der Waals surface area contributed by atoms with E-state index in [9.17, 15) is 4.79 Å². The molecular formula is C20H19Cl2N3OS3. The maximum absolute atomic E-state index is 12.3. The number of carbonyl (C=O) groups is 1. The first-order valence-corrected chi connectivity index (χ1v) is 11.9. The third-order valence-corrected chi connectivity index (χ3v) is 7.48. The van der Waals surface area contributed by atoms with Crippen molar-refractivity contribution in [3.8, 4) is 5.69 Å². The van der Waals surface area contributed by atoms with Gasteiger partial charge >= 0.3 is 0 Å². The summed E-state index contributed by atoms with van der Waals surface area (Å²) in [6.45, 7) is 4.35. The van der Waals surface area contributed by atoms with Gasteiger partial charge in [-0.1, -0.05) is 72.3 Å². The third-order valence-electron chi connectivity index (χ3n) is 4.38. The van der Waals surface area contributed by atoms with Crippen molar-refractivity contribution in [2.75, 3.05) is 11.1 Å². The number of halogens is 2. The zero-order valence-electron chi connectivity index (χ0n) is 15.8. The lowest BCUT2D eigenvalue weighted by atomic mass is 9.99. The van der Waals surface area contributed by atoms with Crippen LogP contribution >= 0.6 is 58.5 Å². The predicted molar refractivity (Wildman–Crippen MR) is 127 cm³/mol.